The SMILES string of the molecule is COC(=O)[C@H](CCC(C)=O)NC(=O)[C@H](CC(C)C)NC(=O)OCc1ccccc1. The largest absolute Gasteiger partial charge is 0.467 e. The molecule has 0 unspecified atom stereocenters. The van der Waals surface area contributed by atoms with Crippen molar-refractivity contribution in [3.63, 3.8) is 0 Å². The highest BCUT2D eigenvalue weighted by Crippen LogP contribution is 2.08. The summed E-state index contributed by atoms with van der Waals surface area (Å²) in [7, 11) is 1.21. The maximum atomic E-state index is 12.7. The van der Waals surface area contributed by atoms with E-state index >= 15 is 0 Å². The van der Waals surface area contributed by atoms with Crippen molar-refractivity contribution >= 4 is 23.8 Å². The van der Waals surface area contributed by atoms with Crippen molar-refractivity contribution in [2.24, 2.45) is 5.92 Å². The van der Waals surface area contributed by atoms with Crippen LogP contribution in [-0.4, -0.2) is 42.9 Å². The predicted octanol–water partition coefficient (Wildman–Crippen LogP) is 2.35. The van der Waals surface area contributed by atoms with Gasteiger partial charge in [-0.25, -0.2) is 9.59 Å². The normalized spacial score (nSPS) is 12.6. The minimum absolute atomic E-state index is 0.0755. The molecule has 0 spiro atoms. The molecule has 0 radical (unpaired) electrons. The number of Topliss-reactive ketones (excluding diaryl/α,β-unsaturated/α-hetero) is 1. The molecule has 1 aromatic rings. The molecule has 2 atom stereocenters. The van der Waals surface area contributed by atoms with Gasteiger partial charge in [-0.1, -0.05) is 44.2 Å². The van der Waals surface area contributed by atoms with Crippen molar-refractivity contribution in [3.8, 4) is 0 Å². The number of benzene rings is 1. The van der Waals surface area contributed by atoms with Gasteiger partial charge in [-0.15, -0.1) is 0 Å². The van der Waals surface area contributed by atoms with Crippen molar-refractivity contribution in [3.05, 3.63) is 35.9 Å². The number of rotatable bonds is 11. The van der Waals surface area contributed by atoms with Crippen LogP contribution in [0.2, 0.25) is 0 Å². The van der Waals surface area contributed by atoms with Crippen LogP contribution < -0.4 is 10.6 Å². The fourth-order valence-corrected chi connectivity index (χ4v) is 2.62. The Kier molecular flexibility index (Phi) is 10.4. The zero-order valence-electron chi connectivity index (χ0n) is 17.4. The van der Waals surface area contributed by atoms with Crippen LogP contribution in [0.15, 0.2) is 30.3 Å². The molecule has 8 nitrogen and oxygen atoms in total. The summed E-state index contributed by atoms with van der Waals surface area (Å²) in [4.78, 5) is 48.0. The monoisotopic (exact) mass is 406 g/mol. The number of esters is 1. The molecule has 0 aromatic heterocycles. The van der Waals surface area contributed by atoms with E-state index in [1.165, 1.54) is 14.0 Å². The van der Waals surface area contributed by atoms with Gasteiger partial charge in [0.15, 0.2) is 0 Å². The molecule has 0 saturated heterocycles. The lowest BCUT2D eigenvalue weighted by Crippen LogP contribution is -2.52. The van der Waals surface area contributed by atoms with E-state index in [1.54, 1.807) is 0 Å². The number of hydrogen-bond donors (Lipinski definition) is 2. The van der Waals surface area contributed by atoms with Crippen LogP contribution in [-0.2, 0) is 30.5 Å². The summed E-state index contributed by atoms with van der Waals surface area (Å²) in [6.07, 6.45) is -0.123. The first-order valence-electron chi connectivity index (χ1n) is 9.57. The average molecular weight is 406 g/mol. The molecule has 0 aliphatic rings. The quantitative estimate of drug-likeness (QED) is 0.546. The van der Waals surface area contributed by atoms with E-state index in [0.29, 0.717) is 6.42 Å². The lowest BCUT2D eigenvalue weighted by atomic mass is 10.0. The fourth-order valence-electron chi connectivity index (χ4n) is 2.62. The molecule has 1 rings (SSSR count). The molecular weight excluding hydrogens is 376 g/mol. The summed E-state index contributed by atoms with van der Waals surface area (Å²) in [6.45, 7) is 5.30. The Labute approximate surface area is 171 Å². The maximum Gasteiger partial charge on any atom is 0.408 e. The van der Waals surface area contributed by atoms with E-state index in [4.69, 9.17) is 9.47 Å². The number of ketones is 1. The average Bonchev–Trinajstić information content (AvgIpc) is 2.68. The van der Waals surface area contributed by atoms with Crippen LogP contribution in [0.1, 0.15) is 45.6 Å². The molecule has 8 heteroatoms. The number of hydrogen-bond acceptors (Lipinski definition) is 6. The van der Waals surface area contributed by atoms with E-state index in [1.807, 2.05) is 44.2 Å². The number of carbonyl (C=O) groups is 4. The highest BCUT2D eigenvalue weighted by Gasteiger charge is 2.28. The molecule has 0 fully saturated rings. The molecule has 29 heavy (non-hydrogen) atoms. The molecule has 0 saturated carbocycles. The third-order valence-corrected chi connectivity index (χ3v) is 4.12. The van der Waals surface area contributed by atoms with Gasteiger partial charge in [0, 0.05) is 6.42 Å². The Hall–Kier alpha value is -2.90. The minimum atomic E-state index is -0.965. The topological polar surface area (TPSA) is 111 Å². The van der Waals surface area contributed by atoms with Crippen LogP contribution in [0.4, 0.5) is 4.79 Å². The molecule has 0 aliphatic heterocycles. The molecule has 2 amide bonds. The van der Waals surface area contributed by atoms with Crippen LogP contribution in [0.5, 0.6) is 0 Å². The number of alkyl carbamates (subject to hydrolysis) is 1. The van der Waals surface area contributed by atoms with E-state index in [-0.39, 0.29) is 31.1 Å². The zero-order valence-corrected chi connectivity index (χ0v) is 17.4. The van der Waals surface area contributed by atoms with Crippen LogP contribution >= 0.6 is 0 Å². The molecule has 2 N–H and O–H groups in total. The number of nitrogens with one attached hydrogen (secondary N) is 2. The van der Waals surface area contributed by atoms with Crippen molar-refractivity contribution in [2.75, 3.05) is 7.11 Å². The van der Waals surface area contributed by atoms with E-state index in [0.717, 1.165) is 5.56 Å². The van der Waals surface area contributed by atoms with Gasteiger partial charge in [0.25, 0.3) is 0 Å². The summed E-state index contributed by atoms with van der Waals surface area (Å²) < 4.78 is 9.87. The highest BCUT2D eigenvalue weighted by molar-refractivity contribution is 5.90. The minimum Gasteiger partial charge on any atom is -0.467 e. The first kappa shape index (κ1) is 24.1. The Bertz CT molecular complexity index is 690. The molecule has 160 valence electrons. The van der Waals surface area contributed by atoms with Gasteiger partial charge in [-0.2, -0.15) is 0 Å². The lowest BCUT2D eigenvalue weighted by Gasteiger charge is -2.23. The van der Waals surface area contributed by atoms with Crippen molar-refractivity contribution in [2.45, 2.75) is 58.7 Å². The second-order valence-electron chi connectivity index (χ2n) is 7.21. The van der Waals surface area contributed by atoms with E-state index in [9.17, 15) is 19.2 Å². The van der Waals surface area contributed by atoms with Gasteiger partial charge in [-0.3, -0.25) is 4.79 Å². The first-order valence-corrected chi connectivity index (χ1v) is 9.57. The van der Waals surface area contributed by atoms with Gasteiger partial charge in [0.1, 0.15) is 24.5 Å². The van der Waals surface area contributed by atoms with Gasteiger partial charge in [0.2, 0.25) is 5.91 Å². The van der Waals surface area contributed by atoms with E-state index < -0.39 is 30.1 Å². The summed E-state index contributed by atoms with van der Waals surface area (Å²) in [6, 6.07) is 7.31. The molecule has 1 aromatic carbocycles. The van der Waals surface area contributed by atoms with Gasteiger partial charge >= 0.3 is 12.1 Å². The number of amides is 2. The summed E-state index contributed by atoms with van der Waals surface area (Å²) >= 11 is 0. The maximum absolute atomic E-state index is 12.7. The zero-order chi connectivity index (χ0) is 21.8. The Balaban J connectivity index is 2.72. The van der Waals surface area contributed by atoms with Crippen molar-refractivity contribution < 1.29 is 28.7 Å². The van der Waals surface area contributed by atoms with Crippen LogP contribution in [0.25, 0.3) is 0 Å². The smallest absolute Gasteiger partial charge is 0.408 e. The molecule has 0 aliphatic carbocycles. The Morgan fingerprint density at radius 2 is 1.66 bits per heavy atom. The number of ether oxygens (including phenoxy) is 2. The van der Waals surface area contributed by atoms with Gasteiger partial charge in [-0.05, 0) is 31.2 Å². The van der Waals surface area contributed by atoms with Gasteiger partial charge in [0.05, 0.1) is 7.11 Å². The standard InChI is InChI=1S/C21H30N2O6/c1-14(2)12-18(23-21(27)29-13-16-8-6-5-7-9-16)19(25)22-17(20(26)28-4)11-10-15(3)24/h5-9,14,17-18H,10-13H2,1-4H3,(H,22,25)(H,23,27)/t17-,18-/m0/s1. The fraction of sp³-hybridized carbons (Fsp3) is 0.524. The Morgan fingerprint density at radius 1 is 1.00 bits per heavy atom. The molecule has 0 heterocycles. The predicted molar refractivity (Wildman–Crippen MR) is 107 cm³/mol. The summed E-state index contributed by atoms with van der Waals surface area (Å²) in [5.74, 6) is -1.17. The lowest BCUT2D eigenvalue weighted by molar-refractivity contribution is -0.145. The first-order chi connectivity index (χ1) is 13.7. The summed E-state index contributed by atoms with van der Waals surface area (Å²) in [5.41, 5.74) is 0.822. The van der Waals surface area contributed by atoms with E-state index in [2.05, 4.69) is 10.6 Å². The second kappa shape index (κ2) is 12.5. The summed E-state index contributed by atoms with van der Waals surface area (Å²) in [5, 5.41) is 5.13. The molecular formula is C21H30N2O6. The highest BCUT2D eigenvalue weighted by atomic mass is 16.5. The number of methoxy groups -OCH3 is 1. The third kappa shape index (κ3) is 9.73. The van der Waals surface area contributed by atoms with Crippen molar-refractivity contribution in [1.29, 1.82) is 0 Å². The Morgan fingerprint density at radius 3 is 2.21 bits per heavy atom. The number of carbonyl (C=O) groups excluding carboxylic acids is 4. The van der Waals surface area contributed by atoms with Crippen LogP contribution in [0.3, 0.4) is 0 Å². The van der Waals surface area contributed by atoms with Crippen LogP contribution in [0, 0.1) is 5.92 Å². The third-order valence-electron chi connectivity index (χ3n) is 4.12. The van der Waals surface area contributed by atoms with Gasteiger partial charge < -0.3 is 24.9 Å². The molecule has 0 bridgehead atoms. The van der Waals surface area contributed by atoms with Crippen molar-refractivity contribution in [1.82, 2.24) is 10.6 Å². The second-order valence-corrected chi connectivity index (χ2v) is 7.21.